The predicted molar refractivity (Wildman–Crippen MR) is 80.2 cm³/mol. The highest BCUT2D eigenvalue weighted by Gasteiger charge is 2.57. The van der Waals surface area contributed by atoms with Crippen LogP contribution in [0.5, 0.6) is 0 Å². The molecule has 7 nitrogen and oxygen atoms in total. The second kappa shape index (κ2) is 6.76. The Bertz CT molecular complexity index is 611. The third-order valence-corrected chi connectivity index (χ3v) is 3.85. The van der Waals surface area contributed by atoms with E-state index in [1.165, 1.54) is 11.8 Å². The first-order valence-corrected chi connectivity index (χ1v) is 7.51. The number of hydrogen-bond acceptors (Lipinski definition) is 6. The minimum absolute atomic E-state index is 0.00653. The smallest absolute Gasteiger partial charge is 0.344 e. The lowest BCUT2D eigenvalue weighted by Gasteiger charge is -2.42. The van der Waals surface area contributed by atoms with Crippen LogP contribution in [0, 0.1) is 0 Å². The van der Waals surface area contributed by atoms with Gasteiger partial charge in [0.25, 0.3) is 0 Å². The third-order valence-electron chi connectivity index (χ3n) is 3.85. The molecule has 2 heterocycles. The Balaban J connectivity index is 2.58. The van der Waals surface area contributed by atoms with Crippen LogP contribution in [0.15, 0.2) is 18.5 Å². The van der Waals surface area contributed by atoms with Crippen molar-refractivity contribution in [1.29, 1.82) is 0 Å². The van der Waals surface area contributed by atoms with E-state index in [-0.39, 0.29) is 26.2 Å². The molecule has 1 aromatic heterocycles. The summed E-state index contributed by atoms with van der Waals surface area (Å²) in [4.78, 5) is 42.6. The van der Waals surface area contributed by atoms with Crippen LogP contribution in [0.25, 0.3) is 0 Å². The SMILES string of the molecule is CCOC(=O)C1(C(=O)OCC)Cc2cnccc2CN1C(C)=O. The van der Waals surface area contributed by atoms with Gasteiger partial charge in [-0.25, -0.2) is 9.59 Å². The topological polar surface area (TPSA) is 85.8 Å². The number of pyridine rings is 1. The predicted octanol–water partition coefficient (Wildman–Crippen LogP) is 0.851. The van der Waals surface area contributed by atoms with Crippen LogP contribution >= 0.6 is 0 Å². The quantitative estimate of drug-likeness (QED) is 0.604. The zero-order chi connectivity index (χ0) is 17.0. The standard InChI is InChI=1S/C16H20N2O5/c1-4-22-14(20)16(15(21)23-5-2)8-13-9-17-7-6-12(13)10-18(16)11(3)19/h6-7,9H,4-5,8,10H2,1-3H3. The first kappa shape index (κ1) is 16.9. The van der Waals surface area contributed by atoms with Crippen molar-refractivity contribution in [2.75, 3.05) is 13.2 Å². The molecule has 0 aliphatic carbocycles. The second-order valence-electron chi connectivity index (χ2n) is 5.23. The van der Waals surface area contributed by atoms with Gasteiger partial charge in [-0.1, -0.05) is 0 Å². The number of ether oxygens (including phenoxy) is 2. The van der Waals surface area contributed by atoms with Crippen LogP contribution in [0.3, 0.4) is 0 Å². The lowest BCUT2D eigenvalue weighted by Crippen LogP contribution is -2.65. The first-order valence-electron chi connectivity index (χ1n) is 7.51. The normalized spacial score (nSPS) is 15.5. The molecule has 1 aliphatic heterocycles. The van der Waals surface area contributed by atoms with Crippen molar-refractivity contribution in [2.45, 2.75) is 39.3 Å². The fraction of sp³-hybridized carbons (Fsp3) is 0.500. The molecule has 1 amide bonds. The van der Waals surface area contributed by atoms with Crippen LogP contribution in [0.2, 0.25) is 0 Å². The lowest BCUT2D eigenvalue weighted by molar-refractivity contribution is -0.180. The maximum atomic E-state index is 12.6. The molecule has 0 saturated carbocycles. The highest BCUT2D eigenvalue weighted by Crippen LogP contribution is 2.33. The fourth-order valence-corrected chi connectivity index (χ4v) is 2.77. The number of hydrogen-bond donors (Lipinski definition) is 0. The number of carbonyl (C=O) groups excluding carboxylic acids is 3. The molecular weight excluding hydrogens is 300 g/mol. The zero-order valence-corrected chi connectivity index (χ0v) is 13.5. The monoisotopic (exact) mass is 320 g/mol. The summed E-state index contributed by atoms with van der Waals surface area (Å²) in [5, 5.41) is 0. The van der Waals surface area contributed by atoms with E-state index in [9.17, 15) is 14.4 Å². The molecule has 124 valence electrons. The van der Waals surface area contributed by atoms with Gasteiger partial charge in [-0.15, -0.1) is 0 Å². The molecule has 0 unspecified atom stereocenters. The van der Waals surface area contributed by atoms with E-state index in [2.05, 4.69) is 4.98 Å². The van der Waals surface area contributed by atoms with Crippen molar-refractivity contribution in [1.82, 2.24) is 9.88 Å². The van der Waals surface area contributed by atoms with Gasteiger partial charge in [0.1, 0.15) is 0 Å². The largest absolute Gasteiger partial charge is 0.464 e. The summed E-state index contributed by atoms with van der Waals surface area (Å²) in [6.45, 7) is 4.95. The van der Waals surface area contributed by atoms with Crippen LogP contribution in [-0.2, 0) is 36.8 Å². The molecule has 1 aromatic rings. The van der Waals surface area contributed by atoms with Crippen molar-refractivity contribution in [3.05, 3.63) is 29.6 Å². The molecule has 0 radical (unpaired) electrons. The molecule has 0 atom stereocenters. The number of esters is 2. The van der Waals surface area contributed by atoms with Crippen molar-refractivity contribution in [3.63, 3.8) is 0 Å². The molecule has 2 rings (SSSR count). The van der Waals surface area contributed by atoms with Crippen LogP contribution in [0.1, 0.15) is 31.9 Å². The van der Waals surface area contributed by atoms with E-state index in [0.29, 0.717) is 0 Å². The van der Waals surface area contributed by atoms with Crippen molar-refractivity contribution in [3.8, 4) is 0 Å². The third kappa shape index (κ3) is 2.91. The molecule has 23 heavy (non-hydrogen) atoms. The van der Waals surface area contributed by atoms with Gasteiger partial charge in [0.15, 0.2) is 0 Å². The van der Waals surface area contributed by atoms with Crippen molar-refractivity contribution >= 4 is 17.8 Å². The van der Waals surface area contributed by atoms with E-state index >= 15 is 0 Å². The summed E-state index contributed by atoms with van der Waals surface area (Å²) < 4.78 is 10.2. The summed E-state index contributed by atoms with van der Waals surface area (Å²) in [6, 6.07) is 1.77. The molecule has 0 bridgehead atoms. The maximum Gasteiger partial charge on any atom is 0.344 e. The summed E-state index contributed by atoms with van der Waals surface area (Å²) >= 11 is 0. The second-order valence-corrected chi connectivity index (χ2v) is 5.23. The van der Waals surface area contributed by atoms with E-state index in [1.54, 1.807) is 32.3 Å². The Morgan fingerprint density at radius 3 is 2.30 bits per heavy atom. The molecule has 0 spiro atoms. The van der Waals surface area contributed by atoms with E-state index < -0.39 is 23.4 Å². The average Bonchev–Trinajstić information content (AvgIpc) is 2.53. The summed E-state index contributed by atoms with van der Waals surface area (Å²) in [6.07, 6.45) is 3.20. The molecule has 0 aromatic carbocycles. The van der Waals surface area contributed by atoms with Crippen molar-refractivity contribution in [2.24, 2.45) is 0 Å². The summed E-state index contributed by atoms with van der Waals surface area (Å²) in [5.41, 5.74) is -0.223. The van der Waals surface area contributed by atoms with Gasteiger partial charge in [0.2, 0.25) is 11.4 Å². The number of rotatable bonds is 4. The van der Waals surface area contributed by atoms with Crippen LogP contribution in [0.4, 0.5) is 0 Å². The highest BCUT2D eigenvalue weighted by molar-refractivity contribution is 6.08. The van der Waals surface area contributed by atoms with Gasteiger partial charge in [-0.3, -0.25) is 9.78 Å². The number of aromatic nitrogens is 1. The van der Waals surface area contributed by atoms with Gasteiger partial charge in [-0.2, -0.15) is 0 Å². The van der Waals surface area contributed by atoms with Crippen molar-refractivity contribution < 1.29 is 23.9 Å². The summed E-state index contributed by atoms with van der Waals surface area (Å²) in [7, 11) is 0. The number of fused-ring (bicyclic) bond motifs is 1. The number of amides is 1. The fourth-order valence-electron chi connectivity index (χ4n) is 2.77. The molecule has 0 N–H and O–H groups in total. The lowest BCUT2D eigenvalue weighted by atomic mass is 9.83. The van der Waals surface area contributed by atoms with Crippen LogP contribution < -0.4 is 0 Å². The van der Waals surface area contributed by atoms with Gasteiger partial charge >= 0.3 is 11.9 Å². The Morgan fingerprint density at radius 2 is 1.78 bits per heavy atom. The Hall–Kier alpha value is -2.44. The zero-order valence-electron chi connectivity index (χ0n) is 13.5. The Kier molecular flexibility index (Phi) is 4.98. The Labute approximate surface area is 134 Å². The summed E-state index contributed by atoms with van der Waals surface area (Å²) in [5.74, 6) is -1.94. The molecule has 7 heteroatoms. The van der Waals surface area contributed by atoms with Gasteiger partial charge in [0.05, 0.1) is 13.2 Å². The number of nitrogens with zero attached hydrogens (tertiary/aromatic N) is 2. The number of carbonyl (C=O) groups is 3. The first-order chi connectivity index (χ1) is 11.0. The minimum Gasteiger partial charge on any atom is -0.464 e. The van der Waals surface area contributed by atoms with E-state index in [4.69, 9.17) is 9.47 Å². The molecule has 1 aliphatic rings. The average molecular weight is 320 g/mol. The Morgan fingerprint density at radius 1 is 1.17 bits per heavy atom. The van der Waals surface area contributed by atoms with Gasteiger partial charge in [-0.05, 0) is 31.0 Å². The van der Waals surface area contributed by atoms with Crippen LogP contribution in [-0.4, -0.2) is 46.5 Å². The minimum atomic E-state index is -1.80. The van der Waals surface area contributed by atoms with Gasteiger partial charge < -0.3 is 14.4 Å². The van der Waals surface area contributed by atoms with E-state index in [0.717, 1.165) is 11.1 Å². The maximum absolute atomic E-state index is 12.6. The molecular formula is C16H20N2O5. The van der Waals surface area contributed by atoms with E-state index in [1.807, 2.05) is 0 Å². The highest BCUT2D eigenvalue weighted by atomic mass is 16.6. The van der Waals surface area contributed by atoms with Gasteiger partial charge in [0, 0.05) is 32.3 Å². The molecule has 0 saturated heterocycles. The molecule has 0 fully saturated rings.